The van der Waals surface area contributed by atoms with Crippen LogP contribution in [-0.4, -0.2) is 63.2 Å². The average Bonchev–Trinajstić information content (AvgIpc) is 3.12. The highest BCUT2D eigenvalue weighted by molar-refractivity contribution is 7.92. The Morgan fingerprint density at radius 1 is 1.37 bits per heavy atom. The number of aliphatic hydroxyl groups excluding tert-OH is 2. The second-order valence-corrected chi connectivity index (χ2v) is 9.37. The minimum Gasteiger partial charge on any atom is -0.394 e. The number of rotatable bonds is 7. The lowest BCUT2D eigenvalue weighted by atomic mass is 10.1. The van der Waals surface area contributed by atoms with E-state index in [0.29, 0.717) is 5.56 Å². The van der Waals surface area contributed by atoms with Gasteiger partial charge in [0, 0.05) is 30.2 Å². The minimum absolute atomic E-state index is 0.0775. The first-order valence-electron chi connectivity index (χ1n) is 9.00. The fraction of sp³-hybridized carbons (Fsp3) is 0.400. The molecule has 10 heteroatoms. The maximum absolute atomic E-state index is 12.1. The van der Waals surface area contributed by atoms with Crippen molar-refractivity contribution in [1.29, 1.82) is 0 Å². The molecular weight excluding hydrogens is 410 g/mol. The van der Waals surface area contributed by atoms with Crippen molar-refractivity contribution in [1.82, 2.24) is 15.3 Å². The molecular formula is C20H23N3O6S. The van der Waals surface area contributed by atoms with E-state index in [0.717, 1.165) is 17.2 Å². The standard InChI is InChI=1S/C20H23N3O6S/c1-20(19(26)22-27,30(2,28)29)10-11-23-18-9-8-15(12-16(18)13-21-23)6-4-3-5-7-17(25)14-24/h8-9,12-13,17,24-25,27H,7,10-11,14H2,1-2H3,(H,22,26)/t17-,20-/m1/s1. The lowest BCUT2D eigenvalue weighted by Gasteiger charge is -2.25. The molecule has 0 radical (unpaired) electrons. The lowest BCUT2D eigenvalue weighted by Crippen LogP contribution is -2.49. The molecule has 0 aliphatic rings. The summed E-state index contributed by atoms with van der Waals surface area (Å²) >= 11 is 0. The molecule has 1 aromatic carbocycles. The number of carbonyl (C=O) groups is 1. The van der Waals surface area contributed by atoms with Gasteiger partial charge in [0.05, 0.1) is 24.4 Å². The second-order valence-electron chi connectivity index (χ2n) is 6.93. The smallest absolute Gasteiger partial charge is 0.264 e. The van der Waals surface area contributed by atoms with Crippen molar-refractivity contribution in [3.8, 4) is 23.7 Å². The number of hydrogen-bond acceptors (Lipinski definition) is 7. The summed E-state index contributed by atoms with van der Waals surface area (Å²) in [6.45, 7) is 1.05. The van der Waals surface area contributed by atoms with Gasteiger partial charge in [-0.05, 0) is 43.4 Å². The van der Waals surface area contributed by atoms with Crippen LogP contribution in [0.5, 0.6) is 0 Å². The van der Waals surface area contributed by atoms with Gasteiger partial charge in [0.25, 0.3) is 5.91 Å². The van der Waals surface area contributed by atoms with Gasteiger partial charge in [-0.15, -0.1) is 0 Å². The van der Waals surface area contributed by atoms with Crippen molar-refractivity contribution in [2.24, 2.45) is 0 Å². The van der Waals surface area contributed by atoms with Crippen molar-refractivity contribution >= 4 is 26.6 Å². The molecule has 0 saturated carbocycles. The molecule has 160 valence electrons. The van der Waals surface area contributed by atoms with Crippen LogP contribution < -0.4 is 5.48 Å². The Hall–Kier alpha value is -2.89. The molecule has 1 aromatic heterocycles. The van der Waals surface area contributed by atoms with Gasteiger partial charge in [-0.1, -0.05) is 11.8 Å². The van der Waals surface area contributed by atoms with Crippen molar-refractivity contribution in [2.45, 2.75) is 37.2 Å². The molecule has 9 nitrogen and oxygen atoms in total. The highest BCUT2D eigenvalue weighted by Crippen LogP contribution is 2.24. The lowest BCUT2D eigenvalue weighted by molar-refractivity contribution is -0.131. The zero-order chi connectivity index (χ0) is 22.4. The summed E-state index contributed by atoms with van der Waals surface area (Å²) in [6.07, 6.45) is 1.73. The number of hydroxylamine groups is 1. The first kappa shape index (κ1) is 23.4. The third-order valence-corrected chi connectivity index (χ3v) is 6.78. The summed E-state index contributed by atoms with van der Waals surface area (Å²) in [5.74, 6) is 9.80. The van der Waals surface area contributed by atoms with Crippen LogP contribution in [-0.2, 0) is 21.2 Å². The topological polar surface area (TPSA) is 142 Å². The van der Waals surface area contributed by atoms with Crippen molar-refractivity contribution in [3.63, 3.8) is 0 Å². The molecule has 0 aliphatic heterocycles. The van der Waals surface area contributed by atoms with E-state index in [9.17, 15) is 18.3 Å². The van der Waals surface area contributed by atoms with Crippen LogP contribution in [0.25, 0.3) is 10.9 Å². The van der Waals surface area contributed by atoms with Crippen LogP contribution in [0.15, 0.2) is 24.4 Å². The quantitative estimate of drug-likeness (QED) is 0.270. The van der Waals surface area contributed by atoms with E-state index in [1.54, 1.807) is 29.1 Å². The summed E-state index contributed by atoms with van der Waals surface area (Å²) in [6, 6.07) is 5.33. The van der Waals surface area contributed by atoms with Gasteiger partial charge in [0.15, 0.2) is 14.6 Å². The van der Waals surface area contributed by atoms with Gasteiger partial charge in [-0.2, -0.15) is 5.10 Å². The summed E-state index contributed by atoms with van der Waals surface area (Å²) in [4.78, 5) is 11.9. The number of carbonyl (C=O) groups excluding carboxylic acids is 1. The summed E-state index contributed by atoms with van der Waals surface area (Å²) in [7, 11) is -3.79. The average molecular weight is 433 g/mol. The zero-order valence-corrected chi connectivity index (χ0v) is 17.4. The van der Waals surface area contributed by atoms with E-state index >= 15 is 0 Å². The molecule has 0 aliphatic carbocycles. The minimum atomic E-state index is -3.79. The Morgan fingerprint density at radius 3 is 2.73 bits per heavy atom. The Labute approximate surface area is 174 Å². The van der Waals surface area contributed by atoms with E-state index < -0.39 is 26.6 Å². The van der Waals surface area contributed by atoms with Gasteiger partial charge in [0.1, 0.15) is 0 Å². The molecule has 0 bridgehead atoms. The van der Waals surface area contributed by atoms with Crippen LogP contribution in [0.4, 0.5) is 0 Å². The number of sulfone groups is 1. The number of benzene rings is 1. The van der Waals surface area contributed by atoms with Crippen molar-refractivity contribution in [3.05, 3.63) is 30.0 Å². The predicted octanol–water partition coefficient (Wildman–Crippen LogP) is -0.167. The van der Waals surface area contributed by atoms with E-state index in [2.05, 4.69) is 28.8 Å². The molecule has 2 atom stereocenters. The fourth-order valence-corrected chi connectivity index (χ4v) is 3.47. The van der Waals surface area contributed by atoms with Gasteiger partial charge >= 0.3 is 0 Å². The molecule has 1 heterocycles. The second kappa shape index (κ2) is 9.74. The van der Waals surface area contributed by atoms with Gasteiger partial charge in [-0.25, -0.2) is 13.9 Å². The van der Waals surface area contributed by atoms with E-state index in [1.807, 2.05) is 0 Å². The maximum Gasteiger partial charge on any atom is 0.264 e. The van der Waals surface area contributed by atoms with E-state index in [4.69, 9.17) is 10.3 Å². The third-order valence-electron chi connectivity index (χ3n) is 4.75. The molecule has 1 amide bonds. The molecule has 0 fully saturated rings. The number of aryl methyl sites for hydroxylation is 1. The number of amides is 1. The highest BCUT2D eigenvalue weighted by atomic mass is 32.2. The third kappa shape index (κ3) is 5.38. The highest BCUT2D eigenvalue weighted by Gasteiger charge is 2.43. The van der Waals surface area contributed by atoms with E-state index in [1.165, 1.54) is 12.4 Å². The Morgan fingerprint density at radius 2 is 2.10 bits per heavy atom. The molecule has 0 unspecified atom stereocenters. The Bertz CT molecular complexity index is 1150. The van der Waals surface area contributed by atoms with Crippen molar-refractivity contribution in [2.75, 3.05) is 12.9 Å². The van der Waals surface area contributed by atoms with Crippen LogP contribution in [0, 0.1) is 23.7 Å². The number of aliphatic hydroxyl groups is 2. The van der Waals surface area contributed by atoms with Gasteiger partial charge in [-0.3, -0.25) is 14.7 Å². The summed E-state index contributed by atoms with van der Waals surface area (Å²) in [5.41, 5.74) is 2.85. The van der Waals surface area contributed by atoms with Crippen LogP contribution in [0.2, 0.25) is 0 Å². The zero-order valence-electron chi connectivity index (χ0n) is 16.6. The van der Waals surface area contributed by atoms with Gasteiger partial charge in [0.2, 0.25) is 0 Å². The number of nitrogens with one attached hydrogen (secondary N) is 1. The number of nitrogens with zero attached hydrogens (tertiary/aromatic N) is 2. The monoisotopic (exact) mass is 433 g/mol. The first-order chi connectivity index (χ1) is 14.1. The normalized spacial score (nSPS) is 14.0. The van der Waals surface area contributed by atoms with Gasteiger partial charge < -0.3 is 10.2 Å². The maximum atomic E-state index is 12.1. The number of fused-ring (bicyclic) bond motifs is 1. The van der Waals surface area contributed by atoms with E-state index in [-0.39, 0.29) is 26.0 Å². The Balaban J connectivity index is 2.18. The predicted molar refractivity (Wildman–Crippen MR) is 110 cm³/mol. The van der Waals surface area contributed by atoms with Crippen LogP contribution in [0.3, 0.4) is 0 Å². The summed E-state index contributed by atoms with van der Waals surface area (Å²) in [5, 5.41) is 31.8. The van der Waals surface area contributed by atoms with Crippen molar-refractivity contribution < 1.29 is 28.6 Å². The van der Waals surface area contributed by atoms with Crippen LogP contribution >= 0.6 is 0 Å². The SMILES string of the molecule is C[C@@](CCn1ncc2cc(C#CC#CC[C@@H](O)CO)ccc21)(C(=O)NO)S(C)(=O)=O. The first-order valence-corrected chi connectivity index (χ1v) is 10.9. The molecule has 0 saturated heterocycles. The number of hydrogen-bond donors (Lipinski definition) is 4. The molecule has 0 spiro atoms. The Kier molecular flexibility index (Phi) is 7.59. The molecule has 4 N–H and O–H groups in total. The molecule has 2 rings (SSSR count). The van der Waals surface area contributed by atoms with Crippen LogP contribution in [0.1, 0.15) is 25.3 Å². The largest absolute Gasteiger partial charge is 0.394 e. The summed E-state index contributed by atoms with van der Waals surface area (Å²) < 4.78 is 23.9. The molecule has 2 aromatic rings. The molecule has 30 heavy (non-hydrogen) atoms. The number of aromatic nitrogens is 2. The fourth-order valence-electron chi connectivity index (χ4n) is 2.63.